The van der Waals surface area contributed by atoms with Crippen molar-refractivity contribution in [2.75, 3.05) is 46.3 Å². The molecule has 3 aliphatic heterocycles. The molecule has 0 aliphatic carbocycles. The molecule has 3 heteroatoms. The van der Waals surface area contributed by atoms with Crippen molar-refractivity contribution in [3.63, 3.8) is 0 Å². The highest BCUT2D eigenvalue weighted by Gasteiger charge is 2.43. The zero-order chi connectivity index (χ0) is 17.3. The van der Waals surface area contributed by atoms with Gasteiger partial charge in [-0.3, -0.25) is 9.80 Å². The van der Waals surface area contributed by atoms with E-state index in [0.717, 1.165) is 12.6 Å². The summed E-state index contributed by atoms with van der Waals surface area (Å²) in [7, 11) is 2.27. The van der Waals surface area contributed by atoms with Crippen LogP contribution in [0.2, 0.25) is 0 Å². The number of aryl methyl sites for hydroxylation is 1. The number of likely N-dealkylation sites (tertiary alicyclic amines) is 3. The van der Waals surface area contributed by atoms with E-state index in [1.165, 1.54) is 82.5 Å². The van der Waals surface area contributed by atoms with E-state index in [9.17, 15) is 0 Å². The number of rotatable bonds is 3. The van der Waals surface area contributed by atoms with Gasteiger partial charge in [0.05, 0.1) is 0 Å². The number of benzene rings is 1. The van der Waals surface area contributed by atoms with Crippen molar-refractivity contribution in [2.45, 2.75) is 51.6 Å². The lowest BCUT2D eigenvalue weighted by Crippen LogP contribution is -2.47. The average Bonchev–Trinajstić information content (AvgIpc) is 2.99. The molecule has 0 N–H and O–H groups in total. The number of piperidine rings is 2. The predicted octanol–water partition coefficient (Wildman–Crippen LogP) is 3.38. The van der Waals surface area contributed by atoms with E-state index < -0.39 is 0 Å². The Kier molecular flexibility index (Phi) is 5.17. The summed E-state index contributed by atoms with van der Waals surface area (Å²) < 4.78 is 0. The summed E-state index contributed by atoms with van der Waals surface area (Å²) >= 11 is 0. The van der Waals surface area contributed by atoms with Crippen molar-refractivity contribution in [2.24, 2.45) is 5.41 Å². The highest BCUT2D eigenvalue weighted by molar-refractivity contribution is 5.22. The third-order valence-corrected chi connectivity index (χ3v) is 6.90. The summed E-state index contributed by atoms with van der Waals surface area (Å²) in [5.74, 6) is 0. The van der Waals surface area contributed by atoms with E-state index in [1.807, 2.05) is 0 Å². The van der Waals surface area contributed by atoms with Crippen LogP contribution in [-0.2, 0) is 6.54 Å². The lowest BCUT2D eigenvalue weighted by Gasteiger charge is -2.42. The first-order chi connectivity index (χ1) is 12.1. The van der Waals surface area contributed by atoms with Crippen LogP contribution in [0.15, 0.2) is 24.3 Å². The minimum Gasteiger partial charge on any atom is -0.306 e. The molecule has 138 valence electrons. The van der Waals surface area contributed by atoms with Crippen LogP contribution in [-0.4, -0.2) is 67.1 Å². The van der Waals surface area contributed by atoms with Gasteiger partial charge in [-0.15, -0.1) is 0 Å². The Morgan fingerprint density at radius 2 is 1.88 bits per heavy atom. The van der Waals surface area contributed by atoms with Crippen molar-refractivity contribution in [3.8, 4) is 0 Å². The lowest BCUT2D eigenvalue weighted by molar-refractivity contribution is 0.0723. The lowest BCUT2D eigenvalue weighted by atomic mass is 9.79. The van der Waals surface area contributed by atoms with Crippen LogP contribution in [0.1, 0.15) is 43.2 Å². The van der Waals surface area contributed by atoms with Gasteiger partial charge in [0.25, 0.3) is 0 Å². The zero-order valence-corrected chi connectivity index (χ0v) is 16.2. The van der Waals surface area contributed by atoms with Crippen LogP contribution < -0.4 is 0 Å². The largest absolute Gasteiger partial charge is 0.306 e. The minimum absolute atomic E-state index is 0.575. The van der Waals surface area contributed by atoms with Crippen LogP contribution in [0.3, 0.4) is 0 Å². The molecule has 25 heavy (non-hydrogen) atoms. The van der Waals surface area contributed by atoms with Crippen molar-refractivity contribution < 1.29 is 0 Å². The summed E-state index contributed by atoms with van der Waals surface area (Å²) in [5.41, 5.74) is 3.45. The van der Waals surface area contributed by atoms with E-state index >= 15 is 0 Å². The molecule has 0 amide bonds. The molecule has 3 fully saturated rings. The molecule has 1 aromatic carbocycles. The fourth-order valence-electron chi connectivity index (χ4n) is 5.49. The molecule has 0 saturated carbocycles. The van der Waals surface area contributed by atoms with Gasteiger partial charge in [-0.25, -0.2) is 0 Å². The number of nitrogens with zero attached hydrogens (tertiary/aromatic N) is 3. The molecule has 0 unspecified atom stereocenters. The first kappa shape index (κ1) is 17.5. The fraction of sp³-hybridized carbons (Fsp3) is 0.727. The Morgan fingerprint density at radius 3 is 2.68 bits per heavy atom. The molecule has 0 bridgehead atoms. The summed E-state index contributed by atoms with van der Waals surface area (Å²) in [5, 5.41) is 0. The second-order valence-corrected chi connectivity index (χ2v) is 9.06. The molecule has 0 radical (unpaired) electrons. The Bertz CT molecular complexity index is 578. The number of hydrogen-bond donors (Lipinski definition) is 0. The molecular weight excluding hydrogens is 306 g/mol. The summed E-state index contributed by atoms with van der Waals surface area (Å²) in [6.45, 7) is 11.2. The van der Waals surface area contributed by atoms with Gasteiger partial charge in [-0.1, -0.05) is 29.8 Å². The van der Waals surface area contributed by atoms with Crippen molar-refractivity contribution in [3.05, 3.63) is 35.4 Å². The summed E-state index contributed by atoms with van der Waals surface area (Å²) in [6.07, 6.45) is 7.00. The van der Waals surface area contributed by atoms with Gasteiger partial charge in [0.1, 0.15) is 0 Å². The maximum absolute atomic E-state index is 2.85. The second-order valence-electron chi connectivity index (χ2n) is 9.06. The Labute approximate surface area is 154 Å². The van der Waals surface area contributed by atoms with E-state index in [2.05, 4.69) is 52.9 Å². The Hall–Kier alpha value is -0.900. The zero-order valence-electron chi connectivity index (χ0n) is 16.2. The standard InChI is InChI=1S/C22H35N3/c1-19-5-3-6-20(15-19)16-24-11-4-9-22(17-24)10-14-25(18-22)21-7-12-23(2)13-8-21/h3,5-6,15,21H,4,7-14,16-18H2,1-2H3/t22-/m1/s1. The van der Waals surface area contributed by atoms with Gasteiger partial charge < -0.3 is 4.90 Å². The van der Waals surface area contributed by atoms with Crippen molar-refractivity contribution in [1.82, 2.24) is 14.7 Å². The van der Waals surface area contributed by atoms with Crippen LogP contribution in [0.5, 0.6) is 0 Å². The maximum atomic E-state index is 2.85. The molecular formula is C22H35N3. The van der Waals surface area contributed by atoms with E-state index in [1.54, 1.807) is 0 Å². The highest BCUT2D eigenvalue weighted by Crippen LogP contribution is 2.41. The molecule has 3 heterocycles. The predicted molar refractivity (Wildman–Crippen MR) is 105 cm³/mol. The van der Waals surface area contributed by atoms with E-state index in [-0.39, 0.29) is 0 Å². The van der Waals surface area contributed by atoms with Crippen molar-refractivity contribution >= 4 is 0 Å². The van der Waals surface area contributed by atoms with Gasteiger partial charge in [-0.05, 0) is 83.2 Å². The second kappa shape index (κ2) is 7.38. The molecule has 3 saturated heterocycles. The Morgan fingerprint density at radius 1 is 1.04 bits per heavy atom. The molecule has 0 aromatic heterocycles. The minimum atomic E-state index is 0.575. The molecule has 3 nitrogen and oxygen atoms in total. The smallest absolute Gasteiger partial charge is 0.0234 e. The SMILES string of the molecule is Cc1cccc(CN2CCC[C@@]3(CCN(C4CCN(C)CC4)C3)C2)c1. The first-order valence-electron chi connectivity index (χ1n) is 10.3. The van der Waals surface area contributed by atoms with E-state index in [4.69, 9.17) is 0 Å². The topological polar surface area (TPSA) is 9.72 Å². The molecule has 4 rings (SSSR count). The fourth-order valence-corrected chi connectivity index (χ4v) is 5.49. The van der Waals surface area contributed by atoms with Crippen LogP contribution in [0.25, 0.3) is 0 Å². The van der Waals surface area contributed by atoms with Crippen LogP contribution in [0, 0.1) is 12.3 Å². The van der Waals surface area contributed by atoms with Gasteiger partial charge in [-0.2, -0.15) is 0 Å². The monoisotopic (exact) mass is 341 g/mol. The highest BCUT2D eigenvalue weighted by atomic mass is 15.2. The summed E-state index contributed by atoms with van der Waals surface area (Å²) in [6, 6.07) is 9.93. The third-order valence-electron chi connectivity index (χ3n) is 6.90. The maximum Gasteiger partial charge on any atom is 0.0234 e. The molecule has 1 spiro atoms. The molecule has 3 aliphatic rings. The first-order valence-corrected chi connectivity index (χ1v) is 10.3. The van der Waals surface area contributed by atoms with Crippen LogP contribution in [0.4, 0.5) is 0 Å². The molecule has 1 atom stereocenters. The van der Waals surface area contributed by atoms with Gasteiger partial charge in [0, 0.05) is 25.7 Å². The van der Waals surface area contributed by atoms with Gasteiger partial charge in [0.15, 0.2) is 0 Å². The van der Waals surface area contributed by atoms with E-state index in [0.29, 0.717) is 5.41 Å². The average molecular weight is 342 g/mol. The number of hydrogen-bond acceptors (Lipinski definition) is 3. The Balaban J connectivity index is 1.36. The third kappa shape index (κ3) is 4.10. The van der Waals surface area contributed by atoms with Gasteiger partial charge in [0.2, 0.25) is 0 Å². The molecule has 1 aromatic rings. The van der Waals surface area contributed by atoms with Crippen LogP contribution >= 0.6 is 0 Å². The quantitative estimate of drug-likeness (QED) is 0.834. The summed E-state index contributed by atoms with van der Waals surface area (Å²) in [4.78, 5) is 8.08. The normalized spacial score (nSPS) is 30.3. The van der Waals surface area contributed by atoms with Crippen molar-refractivity contribution in [1.29, 1.82) is 0 Å². The van der Waals surface area contributed by atoms with Gasteiger partial charge >= 0.3 is 0 Å².